The molecule has 1 saturated heterocycles. The summed E-state index contributed by atoms with van der Waals surface area (Å²) in [5.74, 6) is 7.36. The number of carbonyl (C=O) groups excluding carboxylic acids is 2. The summed E-state index contributed by atoms with van der Waals surface area (Å²) in [6.45, 7) is 17.1. The Hall–Kier alpha value is -1.50. The van der Waals surface area contributed by atoms with Crippen molar-refractivity contribution >= 4 is 11.8 Å². The van der Waals surface area contributed by atoms with Crippen LogP contribution >= 0.6 is 0 Å². The van der Waals surface area contributed by atoms with Crippen LogP contribution in [0.1, 0.15) is 68.2 Å². The summed E-state index contributed by atoms with van der Waals surface area (Å²) >= 11 is 0. The third kappa shape index (κ3) is 5.49. The van der Waals surface area contributed by atoms with E-state index in [1.54, 1.807) is 0 Å². The first kappa shape index (κ1) is 21.5. The molecular formula is C21H36N2O2. The second-order valence-electron chi connectivity index (χ2n) is 8.90. The Kier molecular flexibility index (Phi) is 7.11. The molecule has 25 heavy (non-hydrogen) atoms. The lowest BCUT2D eigenvalue weighted by molar-refractivity contribution is -0.147. The van der Waals surface area contributed by atoms with Crippen molar-refractivity contribution in [3.63, 3.8) is 0 Å². The molecule has 0 aromatic rings. The summed E-state index contributed by atoms with van der Waals surface area (Å²) in [7, 11) is 0. The molecule has 0 saturated carbocycles. The Morgan fingerprint density at radius 2 is 1.56 bits per heavy atom. The van der Waals surface area contributed by atoms with Crippen molar-refractivity contribution in [2.45, 2.75) is 73.8 Å². The fourth-order valence-corrected chi connectivity index (χ4v) is 2.78. The van der Waals surface area contributed by atoms with Gasteiger partial charge >= 0.3 is 0 Å². The molecule has 0 atom stereocenters. The van der Waals surface area contributed by atoms with Crippen molar-refractivity contribution in [1.82, 2.24) is 10.2 Å². The van der Waals surface area contributed by atoms with Crippen LogP contribution in [0.15, 0.2) is 0 Å². The molecule has 142 valence electrons. The Labute approximate surface area is 154 Å². The normalized spacial score (nSPS) is 16.6. The topological polar surface area (TPSA) is 49.4 Å². The number of nitrogens with zero attached hydrogens (tertiary/aromatic N) is 1. The monoisotopic (exact) mass is 348 g/mol. The molecule has 1 N–H and O–H groups in total. The van der Waals surface area contributed by atoms with Crippen LogP contribution in [0.5, 0.6) is 0 Å². The third-order valence-corrected chi connectivity index (χ3v) is 5.42. The van der Waals surface area contributed by atoms with Gasteiger partial charge in [0.2, 0.25) is 11.8 Å². The maximum absolute atomic E-state index is 13.1. The molecular weight excluding hydrogens is 312 g/mol. The molecule has 4 heteroatoms. The molecule has 0 bridgehead atoms. The Balaban J connectivity index is 2.75. The van der Waals surface area contributed by atoms with Crippen molar-refractivity contribution in [2.24, 2.45) is 23.2 Å². The third-order valence-electron chi connectivity index (χ3n) is 5.42. The van der Waals surface area contributed by atoms with Crippen molar-refractivity contribution in [3.8, 4) is 11.8 Å². The predicted molar refractivity (Wildman–Crippen MR) is 103 cm³/mol. The van der Waals surface area contributed by atoms with Crippen LogP contribution in [-0.4, -0.2) is 35.3 Å². The van der Waals surface area contributed by atoms with E-state index in [1.807, 2.05) is 46.4 Å². The van der Waals surface area contributed by atoms with Gasteiger partial charge in [-0.2, -0.15) is 0 Å². The lowest BCUT2D eigenvalue weighted by atomic mass is 9.72. The lowest BCUT2D eigenvalue weighted by Crippen LogP contribution is -2.61. The first-order chi connectivity index (χ1) is 11.4. The Morgan fingerprint density at radius 1 is 1.04 bits per heavy atom. The number of carbonyl (C=O) groups is 2. The molecule has 2 amide bonds. The van der Waals surface area contributed by atoms with E-state index in [0.29, 0.717) is 11.8 Å². The first-order valence-electron chi connectivity index (χ1n) is 9.51. The zero-order valence-corrected chi connectivity index (χ0v) is 17.3. The van der Waals surface area contributed by atoms with E-state index in [0.717, 1.165) is 25.9 Å². The molecule has 0 aromatic heterocycles. The second kappa shape index (κ2) is 8.25. The quantitative estimate of drug-likeness (QED) is 0.791. The number of nitrogens with one attached hydrogen (secondary N) is 1. The van der Waals surface area contributed by atoms with Crippen molar-refractivity contribution in [1.29, 1.82) is 0 Å². The van der Waals surface area contributed by atoms with Gasteiger partial charge in [0, 0.05) is 36.4 Å². The van der Waals surface area contributed by atoms with Gasteiger partial charge in [0.15, 0.2) is 0 Å². The maximum atomic E-state index is 13.1. The van der Waals surface area contributed by atoms with E-state index in [-0.39, 0.29) is 17.7 Å². The van der Waals surface area contributed by atoms with Gasteiger partial charge in [-0.1, -0.05) is 33.6 Å². The second-order valence-corrected chi connectivity index (χ2v) is 8.90. The summed E-state index contributed by atoms with van der Waals surface area (Å²) in [6, 6.07) is 0. The van der Waals surface area contributed by atoms with Gasteiger partial charge in [0.25, 0.3) is 0 Å². The van der Waals surface area contributed by atoms with Gasteiger partial charge in [0.1, 0.15) is 0 Å². The highest BCUT2D eigenvalue weighted by Gasteiger charge is 2.46. The van der Waals surface area contributed by atoms with E-state index in [2.05, 4.69) is 31.0 Å². The van der Waals surface area contributed by atoms with E-state index in [4.69, 9.17) is 0 Å². The molecule has 1 heterocycles. The molecule has 1 fully saturated rings. The fourth-order valence-electron chi connectivity index (χ4n) is 2.78. The van der Waals surface area contributed by atoms with E-state index in [9.17, 15) is 9.59 Å². The molecule has 1 aliphatic rings. The number of hydrogen-bond donors (Lipinski definition) is 1. The lowest BCUT2D eigenvalue weighted by Gasteiger charge is -2.45. The first-order valence-corrected chi connectivity index (χ1v) is 9.51. The molecule has 0 aliphatic carbocycles. The van der Waals surface area contributed by atoms with E-state index >= 15 is 0 Å². The van der Waals surface area contributed by atoms with Crippen LogP contribution < -0.4 is 5.32 Å². The minimum atomic E-state index is -0.673. The Morgan fingerprint density at radius 3 is 2.00 bits per heavy atom. The molecule has 1 rings (SSSR count). The van der Waals surface area contributed by atoms with Crippen LogP contribution in [0.25, 0.3) is 0 Å². The SMILES string of the molecule is CC(C)C#CC1CCN(C(=O)C(C)(C)C(C)(C)NC(=O)C(C)C)CC1. The average Bonchev–Trinajstić information content (AvgIpc) is 2.51. The molecule has 4 nitrogen and oxygen atoms in total. The van der Waals surface area contributed by atoms with E-state index in [1.165, 1.54) is 0 Å². The number of rotatable bonds is 4. The summed E-state index contributed by atoms with van der Waals surface area (Å²) in [6.07, 6.45) is 1.86. The summed E-state index contributed by atoms with van der Waals surface area (Å²) in [5.41, 5.74) is -1.28. The molecule has 0 spiro atoms. The number of piperidine rings is 1. The van der Waals surface area contributed by atoms with Crippen LogP contribution in [-0.2, 0) is 9.59 Å². The summed E-state index contributed by atoms with van der Waals surface area (Å²) < 4.78 is 0. The van der Waals surface area contributed by atoms with Crippen molar-refractivity contribution in [2.75, 3.05) is 13.1 Å². The minimum absolute atomic E-state index is 0.0199. The molecule has 0 aromatic carbocycles. The summed E-state index contributed by atoms with van der Waals surface area (Å²) in [4.78, 5) is 27.2. The van der Waals surface area contributed by atoms with Gasteiger partial charge in [-0.25, -0.2) is 0 Å². The zero-order chi connectivity index (χ0) is 19.4. The highest BCUT2D eigenvalue weighted by atomic mass is 16.2. The largest absolute Gasteiger partial charge is 0.350 e. The van der Waals surface area contributed by atoms with Crippen LogP contribution in [0.3, 0.4) is 0 Å². The number of amides is 2. The highest BCUT2D eigenvalue weighted by Crippen LogP contribution is 2.34. The van der Waals surface area contributed by atoms with E-state index < -0.39 is 11.0 Å². The van der Waals surface area contributed by atoms with Gasteiger partial charge in [-0.05, 0) is 40.5 Å². The molecule has 1 aliphatic heterocycles. The van der Waals surface area contributed by atoms with Gasteiger partial charge in [0.05, 0.1) is 5.41 Å². The molecule has 0 radical (unpaired) electrons. The van der Waals surface area contributed by atoms with Gasteiger partial charge in [-0.15, -0.1) is 5.92 Å². The maximum Gasteiger partial charge on any atom is 0.230 e. The van der Waals surface area contributed by atoms with Crippen LogP contribution in [0.4, 0.5) is 0 Å². The Bertz CT molecular complexity index is 542. The van der Waals surface area contributed by atoms with Gasteiger partial charge in [-0.3, -0.25) is 9.59 Å². The zero-order valence-electron chi connectivity index (χ0n) is 17.3. The average molecular weight is 349 g/mol. The molecule has 0 unspecified atom stereocenters. The fraction of sp³-hybridized carbons (Fsp3) is 0.810. The smallest absolute Gasteiger partial charge is 0.230 e. The van der Waals surface area contributed by atoms with Gasteiger partial charge < -0.3 is 10.2 Å². The summed E-state index contributed by atoms with van der Waals surface area (Å²) in [5, 5.41) is 3.05. The highest BCUT2D eigenvalue weighted by molar-refractivity contribution is 5.85. The van der Waals surface area contributed by atoms with Crippen LogP contribution in [0.2, 0.25) is 0 Å². The standard InChI is InChI=1S/C21H36N2O2/c1-15(2)9-10-17-11-13-23(14-12-17)19(25)20(5,6)21(7,8)22-18(24)16(3)4/h15-17H,11-14H2,1-8H3,(H,22,24). The predicted octanol–water partition coefficient (Wildman–Crippen LogP) is 3.46. The minimum Gasteiger partial charge on any atom is -0.350 e. The van der Waals surface area contributed by atoms with Crippen molar-refractivity contribution < 1.29 is 9.59 Å². The number of likely N-dealkylation sites (tertiary alicyclic amines) is 1. The van der Waals surface area contributed by atoms with Crippen LogP contribution in [0, 0.1) is 35.0 Å². The number of hydrogen-bond acceptors (Lipinski definition) is 2. The van der Waals surface area contributed by atoms with Crippen molar-refractivity contribution in [3.05, 3.63) is 0 Å².